The van der Waals surface area contributed by atoms with Gasteiger partial charge in [0.05, 0.1) is 23.2 Å². The van der Waals surface area contributed by atoms with E-state index in [0.29, 0.717) is 0 Å². The number of hydrogen-bond acceptors (Lipinski definition) is 5. The third-order valence-electron chi connectivity index (χ3n) is 6.29. The predicted molar refractivity (Wildman–Crippen MR) is 145 cm³/mol. The molecule has 0 aliphatic heterocycles. The Morgan fingerprint density at radius 2 is 1.07 bits per heavy atom. The highest BCUT2D eigenvalue weighted by Crippen LogP contribution is 2.34. The maximum Gasteiger partial charge on any atom is 0.449 e. The number of alkyl halides is 6. The Morgan fingerprint density at radius 3 is 1.35 bits per heavy atom. The lowest BCUT2D eigenvalue weighted by molar-refractivity contribution is -0.150. The molecule has 2 rings (SSSR count). The monoisotopic (exact) mass is 614 g/mol. The van der Waals surface area contributed by atoms with Crippen LogP contribution in [0.2, 0.25) is 51.4 Å². The fourth-order valence-electron chi connectivity index (χ4n) is 3.69. The predicted octanol–water partition coefficient (Wildman–Crippen LogP) is 7.22. The van der Waals surface area contributed by atoms with Gasteiger partial charge in [0.1, 0.15) is 19.2 Å². The molecular formula is C25H40F6N4O3Si2. The highest BCUT2D eigenvalue weighted by atomic mass is 28.3. The van der Waals surface area contributed by atoms with E-state index in [1.165, 1.54) is 13.8 Å². The van der Waals surface area contributed by atoms with Gasteiger partial charge in [-0.15, -0.1) is 0 Å². The maximum absolute atomic E-state index is 13.7. The van der Waals surface area contributed by atoms with Crippen LogP contribution in [0, 0.1) is 0 Å². The molecule has 2 aromatic heterocycles. The number of imidazole rings is 2. The first-order valence-electron chi connectivity index (χ1n) is 13.1. The van der Waals surface area contributed by atoms with Crippen molar-refractivity contribution in [3.05, 3.63) is 35.4 Å². The van der Waals surface area contributed by atoms with E-state index in [1.807, 2.05) is 0 Å². The molecule has 0 fully saturated rings. The van der Waals surface area contributed by atoms with Gasteiger partial charge in [-0.25, -0.2) is 9.97 Å². The summed E-state index contributed by atoms with van der Waals surface area (Å²) in [7, 11) is -2.90. The molecule has 0 bridgehead atoms. The van der Waals surface area contributed by atoms with Crippen LogP contribution in [0.25, 0.3) is 0 Å². The number of hydrogen-bond donors (Lipinski definition) is 0. The van der Waals surface area contributed by atoms with Crippen molar-refractivity contribution in [2.24, 2.45) is 0 Å². The molecule has 0 aromatic carbocycles. The fraction of sp³-hybridized carbons (Fsp3) is 0.720. The van der Waals surface area contributed by atoms with Gasteiger partial charge in [0, 0.05) is 41.8 Å². The summed E-state index contributed by atoms with van der Waals surface area (Å²) in [6.07, 6.45) is -7.35. The van der Waals surface area contributed by atoms with Gasteiger partial charge in [-0.1, -0.05) is 39.3 Å². The third-order valence-corrected chi connectivity index (χ3v) is 9.70. The largest absolute Gasteiger partial charge is 0.449 e. The van der Waals surface area contributed by atoms with Crippen LogP contribution in [-0.2, 0) is 40.1 Å². The summed E-state index contributed by atoms with van der Waals surface area (Å²) in [4.78, 5) is 20.5. The number of halogens is 6. The second-order valence-corrected chi connectivity index (χ2v) is 23.7. The average molecular weight is 615 g/mol. The zero-order chi connectivity index (χ0) is 30.7. The molecule has 15 heteroatoms. The highest BCUT2D eigenvalue weighted by molar-refractivity contribution is 6.76. The molecule has 7 nitrogen and oxygen atoms in total. The van der Waals surface area contributed by atoms with Gasteiger partial charge in [-0.2, -0.15) is 26.3 Å². The molecule has 0 aliphatic carbocycles. The number of ether oxygens (including phenoxy) is 2. The van der Waals surface area contributed by atoms with E-state index in [-0.39, 0.29) is 38.1 Å². The maximum atomic E-state index is 13.7. The van der Waals surface area contributed by atoms with Gasteiger partial charge in [0.15, 0.2) is 0 Å². The van der Waals surface area contributed by atoms with Crippen molar-refractivity contribution in [3.63, 3.8) is 0 Å². The van der Waals surface area contributed by atoms with Crippen molar-refractivity contribution in [1.82, 2.24) is 19.1 Å². The second kappa shape index (κ2) is 12.9. The van der Waals surface area contributed by atoms with Crippen LogP contribution in [0.1, 0.15) is 48.7 Å². The number of ketones is 1. The zero-order valence-electron chi connectivity index (χ0n) is 24.3. The number of nitrogens with zero attached hydrogens (tertiary/aromatic N) is 4. The van der Waals surface area contributed by atoms with Crippen molar-refractivity contribution in [1.29, 1.82) is 0 Å². The minimum atomic E-state index is -4.79. The van der Waals surface area contributed by atoms with Crippen LogP contribution in [-0.4, -0.2) is 54.2 Å². The highest BCUT2D eigenvalue weighted by Gasteiger charge is 2.40. The minimum Gasteiger partial charge on any atom is -0.361 e. The Balaban J connectivity index is 2.23. The van der Waals surface area contributed by atoms with E-state index in [9.17, 15) is 31.1 Å². The van der Waals surface area contributed by atoms with E-state index in [2.05, 4.69) is 49.3 Å². The smallest absolute Gasteiger partial charge is 0.361 e. The SMILES string of the molecule is CC(C(=O)C(C)c1cn(COCC[Si](C)(C)C)c(C(F)(F)F)n1)c1cn(COCC[Si](C)(C)C)c(C(F)(F)F)n1. The number of Topliss-reactive ketones (excluding diaryl/α,β-unsaturated/α-hetero) is 1. The molecule has 0 saturated heterocycles. The van der Waals surface area contributed by atoms with Crippen LogP contribution in [0.3, 0.4) is 0 Å². The van der Waals surface area contributed by atoms with Gasteiger partial charge in [0.2, 0.25) is 11.6 Å². The molecule has 0 saturated carbocycles. The van der Waals surface area contributed by atoms with Gasteiger partial charge >= 0.3 is 12.4 Å². The van der Waals surface area contributed by atoms with Crippen LogP contribution < -0.4 is 0 Å². The molecule has 0 radical (unpaired) electrons. The van der Waals surface area contributed by atoms with E-state index >= 15 is 0 Å². The standard InChI is InChI=1S/C25H40F6N4O3Si2/c1-17(19-13-34(22(32-19)24(26,27)28)15-37-9-11-39(3,4)5)21(36)18(2)20-14-35(23(33-20)25(29,30)31)16-38-10-12-40(6,7)8/h13-14,17-18H,9-12,15-16H2,1-8H3. The molecule has 0 amide bonds. The van der Waals surface area contributed by atoms with Crippen LogP contribution >= 0.6 is 0 Å². The van der Waals surface area contributed by atoms with Gasteiger partial charge in [-0.05, 0) is 25.9 Å². The Morgan fingerprint density at radius 1 is 0.750 bits per heavy atom. The molecule has 0 aliphatic rings. The normalized spacial score (nSPS) is 14.9. The summed E-state index contributed by atoms with van der Waals surface area (Å²) in [5.41, 5.74) is -0.300. The average Bonchev–Trinajstić information content (AvgIpc) is 3.41. The molecule has 2 heterocycles. The Hall–Kier alpha value is -1.98. The van der Waals surface area contributed by atoms with Gasteiger partial charge in [-0.3, -0.25) is 4.79 Å². The quantitative estimate of drug-likeness (QED) is 0.128. The summed E-state index contributed by atoms with van der Waals surface area (Å²) in [5, 5.41) is 0. The number of aromatic nitrogens is 4. The van der Waals surface area contributed by atoms with Crippen LogP contribution in [0.5, 0.6) is 0 Å². The molecule has 2 atom stereocenters. The summed E-state index contributed by atoms with van der Waals surface area (Å²) >= 11 is 0. The molecule has 2 aromatic rings. The summed E-state index contributed by atoms with van der Waals surface area (Å²) in [5.74, 6) is -5.29. The molecule has 0 N–H and O–H groups in total. The number of rotatable bonds is 14. The minimum absolute atomic E-state index is 0.150. The first kappa shape index (κ1) is 34.2. The van der Waals surface area contributed by atoms with Crippen molar-refractivity contribution >= 4 is 21.9 Å². The Labute approximate surface area is 233 Å². The van der Waals surface area contributed by atoms with Crippen molar-refractivity contribution in [2.75, 3.05) is 13.2 Å². The molecule has 0 spiro atoms. The van der Waals surface area contributed by atoms with Crippen molar-refractivity contribution < 1.29 is 40.6 Å². The Bertz CT molecular complexity index is 1050. The summed E-state index contributed by atoms with van der Waals surface area (Å²) in [6.45, 7) is 15.2. The number of carbonyl (C=O) groups is 1. The first-order chi connectivity index (χ1) is 18.1. The van der Waals surface area contributed by atoms with Crippen molar-refractivity contribution in [3.8, 4) is 0 Å². The van der Waals surface area contributed by atoms with E-state index in [1.54, 1.807) is 0 Å². The van der Waals surface area contributed by atoms with Gasteiger partial charge < -0.3 is 18.6 Å². The Kier molecular flexibility index (Phi) is 11.0. The van der Waals surface area contributed by atoms with E-state index < -0.39 is 57.8 Å². The molecular weight excluding hydrogens is 574 g/mol. The molecule has 228 valence electrons. The second-order valence-electron chi connectivity index (χ2n) is 12.5. The topological polar surface area (TPSA) is 71.2 Å². The fourth-order valence-corrected chi connectivity index (χ4v) is 5.20. The molecule has 2 unspecified atom stereocenters. The molecule has 40 heavy (non-hydrogen) atoms. The van der Waals surface area contributed by atoms with Crippen LogP contribution in [0.4, 0.5) is 26.3 Å². The zero-order valence-corrected chi connectivity index (χ0v) is 26.3. The van der Waals surface area contributed by atoms with E-state index in [4.69, 9.17) is 9.47 Å². The lowest BCUT2D eigenvalue weighted by atomic mass is 9.91. The van der Waals surface area contributed by atoms with Gasteiger partial charge in [0.25, 0.3) is 0 Å². The van der Waals surface area contributed by atoms with Crippen molar-refractivity contribution in [2.45, 2.75) is 103 Å². The number of carbonyl (C=O) groups excluding carboxylic acids is 1. The third kappa shape index (κ3) is 10.1. The summed E-state index contributed by atoms with van der Waals surface area (Å²) in [6, 6.07) is 1.52. The first-order valence-corrected chi connectivity index (χ1v) is 20.5. The lowest BCUT2D eigenvalue weighted by Gasteiger charge is -2.16. The van der Waals surface area contributed by atoms with Crippen LogP contribution in [0.15, 0.2) is 12.4 Å². The summed E-state index contributed by atoms with van der Waals surface area (Å²) < 4.78 is 94.4. The lowest BCUT2D eigenvalue weighted by Crippen LogP contribution is -2.22. The van der Waals surface area contributed by atoms with E-state index in [0.717, 1.165) is 33.6 Å².